The van der Waals surface area contributed by atoms with Crippen LogP contribution < -0.4 is 10.6 Å². The van der Waals surface area contributed by atoms with E-state index in [-0.39, 0.29) is 5.91 Å². The molecule has 0 unspecified atom stereocenters. The Labute approximate surface area is 125 Å². The number of halogens is 1. The molecule has 1 amide bonds. The van der Waals surface area contributed by atoms with Gasteiger partial charge in [-0.25, -0.2) is 0 Å². The Hall–Kier alpha value is -1.66. The van der Waals surface area contributed by atoms with Gasteiger partial charge in [-0.3, -0.25) is 9.48 Å². The van der Waals surface area contributed by atoms with Gasteiger partial charge in [0.1, 0.15) is 0 Å². The summed E-state index contributed by atoms with van der Waals surface area (Å²) in [4.78, 5) is 12.3. The number of amides is 1. The summed E-state index contributed by atoms with van der Waals surface area (Å²) in [6, 6.07) is 7.57. The highest BCUT2D eigenvalue weighted by Gasteiger charge is 2.17. The lowest BCUT2D eigenvalue weighted by atomic mass is 10.2. The summed E-state index contributed by atoms with van der Waals surface area (Å²) in [6.45, 7) is 4.41. The number of hydrogen-bond acceptors (Lipinski definition) is 3. The Kier molecular flexibility index (Phi) is 3.58. The molecule has 5 nitrogen and oxygen atoms in total. The van der Waals surface area contributed by atoms with E-state index in [0.29, 0.717) is 5.69 Å². The highest BCUT2D eigenvalue weighted by molar-refractivity contribution is 9.10. The second-order valence-corrected chi connectivity index (χ2v) is 5.64. The van der Waals surface area contributed by atoms with Crippen molar-refractivity contribution in [3.8, 4) is 0 Å². The molecular formula is C14H15BrN4O. The van der Waals surface area contributed by atoms with Gasteiger partial charge in [0.15, 0.2) is 5.69 Å². The Morgan fingerprint density at radius 1 is 1.50 bits per heavy atom. The van der Waals surface area contributed by atoms with Crippen molar-refractivity contribution in [3.63, 3.8) is 0 Å². The number of rotatable bonds is 2. The Morgan fingerprint density at radius 2 is 2.35 bits per heavy atom. The summed E-state index contributed by atoms with van der Waals surface area (Å²) < 4.78 is 2.86. The predicted molar refractivity (Wildman–Crippen MR) is 80.8 cm³/mol. The predicted octanol–water partition coefficient (Wildman–Crippen LogP) is 2.31. The summed E-state index contributed by atoms with van der Waals surface area (Å²) in [5.41, 5.74) is 3.32. The number of nitrogens with zero attached hydrogens (tertiary/aromatic N) is 2. The molecule has 0 saturated carbocycles. The zero-order valence-corrected chi connectivity index (χ0v) is 12.7. The van der Waals surface area contributed by atoms with E-state index in [1.54, 1.807) is 0 Å². The fourth-order valence-electron chi connectivity index (χ4n) is 2.23. The van der Waals surface area contributed by atoms with Crippen LogP contribution in [0.4, 0.5) is 5.69 Å². The molecule has 0 spiro atoms. The van der Waals surface area contributed by atoms with Gasteiger partial charge in [-0.2, -0.15) is 5.10 Å². The van der Waals surface area contributed by atoms with E-state index in [4.69, 9.17) is 0 Å². The van der Waals surface area contributed by atoms with Crippen LogP contribution in [-0.4, -0.2) is 22.2 Å². The second kappa shape index (κ2) is 5.38. The number of fused-ring (bicyclic) bond motifs is 1. The smallest absolute Gasteiger partial charge is 0.276 e. The average Bonchev–Trinajstić information content (AvgIpc) is 2.88. The highest BCUT2D eigenvalue weighted by Crippen LogP contribution is 2.24. The van der Waals surface area contributed by atoms with Gasteiger partial charge in [-0.05, 0) is 30.7 Å². The van der Waals surface area contributed by atoms with Gasteiger partial charge in [0.25, 0.3) is 5.91 Å². The van der Waals surface area contributed by atoms with Crippen molar-refractivity contribution >= 4 is 27.5 Å². The van der Waals surface area contributed by atoms with E-state index in [0.717, 1.165) is 41.1 Å². The van der Waals surface area contributed by atoms with Gasteiger partial charge in [0.2, 0.25) is 0 Å². The van der Waals surface area contributed by atoms with Gasteiger partial charge in [0.05, 0.1) is 12.2 Å². The Morgan fingerprint density at radius 3 is 3.15 bits per heavy atom. The molecule has 1 aromatic heterocycles. The molecule has 0 radical (unpaired) electrons. The van der Waals surface area contributed by atoms with Crippen molar-refractivity contribution in [1.82, 2.24) is 15.1 Å². The summed E-state index contributed by atoms with van der Waals surface area (Å²) in [6.07, 6.45) is 0. The number of carbonyl (C=O) groups is 1. The van der Waals surface area contributed by atoms with Crippen molar-refractivity contribution in [2.24, 2.45) is 0 Å². The SMILES string of the molecule is Cc1c(Br)cccc1NC(=O)c1cc2n(n1)CCNC2. The molecule has 104 valence electrons. The van der Waals surface area contributed by atoms with Crippen molar-refractivity contribution in [1.29, 1.82) is 0 Å². The molecule has 1 aliphatic heterocycles. The standard InChI is InChI=1S/C14H15BrN4O/c1-9-11(15)3-2-4-12(9)17-14(20)13-7-10-8-16-5-6-19(10)18-13/h2-4,7,16H,5-6,8H2,1H3,(H,17,20). The molecule has 1 aliphatic rings. The lowest BCUT2D eigenvalue weighted by Crippen LogP contribution is -2.28. The van der Waals surface area contributed by atoms with Crippen LogP contribution in [0.5, 0.6) is 0 Å². The number of aromatic nitrogens is 2. The van der Waals surface area contributed by atoms with Crippen LogP contribution in [-0.2, 0) is 13.1 Å². The van der Waals surface area contributed by atoms with E-state index in [2.05, 4.69) is 31.7 Å². The van der Waals surface area contributed by atoms with Gasteiger partial charge < -0.3 is 10.6 Å². The van der Waals surface area contributed by atoms with Crippen molar-refractivity contribution in [3.05, 3.63) is 45.7 Å². The molecule has 2 N–H and O–H groups in total. The summed E-state index contributed by atoms with van der Waals surface area (Å²) >= 11 is 3.46. The van der Waals surface area contributed by atoms with Gasteiger partial charge in [-0.1, -0.05) is 22.0 Å². The summed E-state index contributed by atoms with van der Waals surface area (Å²) in [5, 5.41) is 10.5. The van der Waals surface area contributed by atoms with Crippen LogP contribution in [0.1, 0.15) is 21.7 Å². The van der Waals surface area contributed by atoms with E-state index in [1.165, 1.54) is 0 Å². The monoisotopic (exact) mass is 334 g/mol. The van der Waals surface area contributed by atoms with Crippen LogP contribution in [0, 0.1) is 6.92 Å². The van der Waals surface area contributed by atoms with Crippen molar-refractivity contribution in [2.75, 3.05) is 11.9 Å². The number of nitrogens with one attached hydrogen (secondary N) is 2. The van der Waals surface area contributed by atoms with Crippen LogP contribution in [0.2, 0.25) is 0 Å². The molecule has 20 heavy (non-hydrogen) atoms. The Bertz CT molecular complexity index is 642. The first-order valence-corrected chi connectivity index (χ1v) is 7.28. The minimum absolute atomic E-state index is 0.173. The first-order valence-electron chi connectivity index (χ1n) is 6.49. The third-order valence-corrected chi connectivity index (χ3v) is 4.28. The third kappa shape index (κ3) is 2.48. The summed E-state index contributed by atoms with van der Waals surface area (Å²) in [7, 11) is 0. The minimum atomic E-state index is -0.173. The van der Waals surface area contributed by atoms with Crippen LogP contribution >= 0.6 is 15.9 Å². The molecule has 1 aromatic carbocycles. The van der Waals surface area contributed by atoms with E-state index < -0.39 is 0 Å². The molecule has 2 aromatic rings. The maximum absolute atomic E-state index is 12.3. The third-order valence-electron chi connectivity index (χ3n) is 3.42. The van der Waals surface area contributed by atoms with Crippen molar-refractivity contribution in [2.45, 2.75) is 20.0 Å². The molecule has 0 bridgehead atoms. The van der Waals surface area contributed by atoms with Crippen LogP contribution in [0.3, 0.4) is 0 Å². The zero-order valence-electron chi connectivity index (χ0n) is 11.1. The average molecular weight is 335 g/mol. The van der Waals surface area contributed by atoms with Crippen molar-refractivity contribution < 1.29 is 4.79 Å². The lowest BCUT2D eigenvalue weighted by Gasteiger charge is -2.13. The fourth-order valence-corrected chi connectivity index (χ4v) is 2.60. The number of carbonyl (C=O) groups excluding carboxylic acids is 1. The normalized spacial score (nSPS) is 13.9. The van der Waals surface area contributed by atoms with Crippen LogP contribution in [0.25, 0.3) is 0 Å². The molecule has 0 fully saturated rings. The molecule has 2 heterocycles. The molecular weight excluding hydrogens is 320 g/mol. The summed E-state index contributed by atoms with van der Waals surface area (Å²) in [5.74, 6) is -0.173. The molecule has 6 heteroatoms. The van der Waals surface area contributed by atoms with Gasteiger partial charge in [0, 0.05) is 23.2 Å². The number of hydrogen-bond donors (Lipinski definition) is 2. The maximum atomic E-state index is 12.3. The first-order chi connectivity index (χ1) is 9.65. The highest BCUT2D eigenvalue weighted by atomic mass is 79.9. The maximum Gasteiger partial charge on any atom is 0.276 e. The number of benzene rings is 1. The first kappa shape index (κ1) is 13.3. The molecule has 0 aliphatic carbocycles. The number of anilines is 1. The second-order valence-electron chi connectivity index (χ2n) is 4.79. The molecule has 3 rings (SSSR count). The van der Waals surface area contributed by atoms with Crippen LogP contribution in [0.15, 0.2) is 28.7 Å². The van der Waals surface area contributed by atoms with E-state index >= 15 is 0 Å². The van der Waals surface area contributed by atoms with E-state index in [1.807, 2.05) is 35.9 Å². The van der Waals surface area contributed by atoms with Gasteiger partial charge in [-0.15, -0.1) is 0 Å². The zero-order chi connectivity index (χ0) is 14.1. The topological polar surface area (TPSA) is 59.0 Å². The van der Waals surface area contributed by atoms with Gasteiger partial charge >= 0.3 is 0 Å². The largest absolute Gasteiger partial charge is 0.320 e. The van der Waals surface area contributed by atoms with E-state index in [9.17, 15) is 4.79 Å². The quantitative estimate of drug-likeness (QED) is 0.885. The minimum Gasteiger partial charge on any atom is -0.320 e. The fraction of sp³-hybridized carbons (Fsp3) is 0.286. The molecule has 0 atom stereocenters. The lowest BCUT2D eigenvalue weighted by molar-refractivity contribution is 0.102. The Balaban J connectivity index is 1.82. The molecule has 0 saturated heterocycles.